The molecule has 6 nitrogen and oxygen atoms in total. The highest BCUT2D eigenvalue weighted by Crippen LogP contribution is 2.14. The summed E-state index contributed by atoms with van der Waals surface area (Å²) in [4.78, 5) is 34.8. The Morgan fingerprint density at radius 2 is 2.07 bits per heavy atom. The summed E-state index contributed by atoms with van der Waals surface area (Å²) in [5.74, 6) is -1.13. The van der Waals surface area contributed by atoms with Crippen LogP contribution in [0.1, 0.15) is 20.3 Å². The Morgan fingerprint density at radius 3 is 2.40 bits per heavy atom. The first-order valence-electron chi connectivity index (χ1n) is 4.63. The van der Waals surface area contributed by atoms with E-state index in [1.807, 2.05) is 0 Å². The molecule has 1 atom stereocenters. The first kappa shape index (κ1) is 11.6. The van der Waals surface area contributed by atoms with Gasteiger partial charge >= 0.3 is 0 Å². The number of carbonyl (C=O) groups excluding carboxylic acids is 3. The molecule has 0 aromatic heterocycles. The minimum absolute atomic E-state index is 0.0754. The van der Waals surface area contributed by atoms with Crippen LogP contribution in [0.25, 0.3) is 0 Å². The van der Waals surface area contributed by atoms with Crippen molar-refractivity contribution in [2.24, 2.45) is 5.73 Å². The minimum atomic E-state index is -0.994. The molecule has 3 amide bonds. The van der Waals surface area contributed by atoms with E-state index in [0.29, 0.717) is 0 Å². The van der Waals surface area contributed by atoms with Gasteiger partial charge in [0, 0.05) is 7.05 Å². The van der Waals surface area contributed by atoms with Crippen LogP contribution in [0.3, 0.4) is 0 Å². The van der Waals surface area contributed by atoms with E-state index >= 15 is 0 Å². The molecule has 0 bridgehead atoms. The molecule has 0 aromatic rings. The van der Waals surface area contributed by atoms with Gasteiger partial charge in [0.1, 0.15) is 0 Å². The molecule has 3 N–H and O–H groups in total. The first-order chi connectivity index (χ1) is 6.75. The number of hydrogen-bond acceptors (Lipinski definition) is 4. The maximum absolute atomic E-state index is 11.5. The smallest absolute Gasteiger partial charge is 0.246 e. The molecule has 0 aromatic carbocycles. The third-order valence-corrected chi connectivity index (χ3v) is 2.53. The number of primary amides is 1. The Kier molecular flexibility index (Phi) is 2.81. The van der Waals surface area contributed by atoms with E-state index in [0.717, 1.165) is 4.90 Å². The Balaban J connectivity index is 2.73. The predicted molar refractivity (Wildman–Crippen MR) is 52.6 cm³/mol. The van der Waals surface area contributed by atoms with E-state index in [1.165, 1.54) is 7.05 Å². The van der Waals surface area contributed by atoms with Crippen LogP contribution in [-0.4, -0.2) is 41.2 Å². The highest BCUT2D eigenvalue weighted by atomic mass is 16.2. The van der Waals surface area contributed by atoms with Crippen molar-refractivity contribution in [2.45, 2.75) is 31.8 Å². The van der Waals surface area contributed by atoms with Gasteiger partial charge in [-0.25, -0.2) is 0 Å². The van der Waals surface area contributed by atoms with Gasteiger partial charge in [-0.1, -0.05) is 0 Å². The zero-order chi connectivity index (χ0) is 11.8. The summed E-state index contributed by atoms with van der Waals surface area (Å²) in [6, 6.07) is -0.648. The molecule has 1 aliphatic rings. The molecule has 0 aliphatic carbocycles. The minimum Gasteiger partial charge on any atom is -0.368 e. The molecule has 15 heavy (non-hydrogen) atoms. The van der Waals surface area contributed by atoms with Gasteiger partial charge in [-0.3, -0.25) is 24.6 Å². The second-order valence-electron chi connectivity index (χ2n) is 4.18. The number of nitrogens with two attached hydrogens (primary N) is 1. The van der Waals surface area contributed by atoms with Gasteiger partial charge in [0.2, 0.25) is 17.7 Å². The van der Waals surface area contributed by atoms with Gasteiger partial charge in [0.05, 0.1) is 18.0 Å². The van der Waals surface area contributed by atoms with Gasteiger partial charge in [-0.2, -0.15) is 0 Å². The van der Waals surface area contributed by atoms with Crippen molar-refractivity contribution in [3.05, 3.63) is 0 Å². The third-order valence-electron chi connectivity index (χ3n) is 2.53. The number of nitrogens with one attached hydrogen (secondary N) is 1. The number of carbonyl (C=O) groups is 3. The first-order valence-corrected chi connectivity index (χ1v) is 4.63. The summed E-state index contributed by atoms with van der Waals surface area (Å²) in [6.45, 7) is 3.15. The summed E-state index contributed by atoms with van der Waals surface area (Å²) in [5, 5.41) is 2.78. The number of amides is 3. The van der Waals surface area contributed by atoms with E-state index in [4.69, 9.17) is 5.73 Å². The topological polar surface area (TPSA) is 92.5 Å². The van der Waals surface area contributed by atoms with Crippen LogP contribution in [0.2, 0.25) is 0 Å². The second-order valence-corrected chi connectivity index (χ2v) is 4.18. The molecular weight excluding hydrogens is 198 g/mol. The molecule has 1 aliphatic heterocycles. The molecule has 84 valence electrons. The standard InChI is InChI=1S/C9H15N3O3/c1-9(2,8(10)15)11-5-4-6(13)12(3)7(5)14/h5,11H,4H2,1-3H3,(H2,10,15). The van der Waals surface area contributed by atoms with Crippen LogP contribution >= 0.6 is 0 Å². The van der Waals surface area contributed by atoms with E-state index in [2.05, 4.69) is 5.32 Å². The molecule has 0 saturated carbocycles. The summed E-state index contributed by atoms with van der Waals surface area (Å²) in [6.07, 6.45) is 0.0754. The lowest BCUT2D eigenvalue weighted by molar-refractivity contribution is -0.137. The molecule has 1 fully saturated rings. The van der Waals surface area contributed by atoms with E-state index < -0.39 is 17.5 Å². The number of imide groups is 1. The average molecular weight is 213 g/mol. The number of hydrogen-bond donors (Lipinski definition) is 2. The van der Waals surface area contributed by atoms with Gasteiger partial charge in [-0.15, -0.1) is 0 Å². The number of likely N-dealkylation sites (N-methyl/N-ethyl adjacent to an activating group) is 1. The Morgan fingerprint density at radius 1 is 1.53 bits per heavy atom. The summed E-state index contributed by atoms with van der Waals surface area (Å²) in [7, 11) is 1.42. The SMILES string of the molecule is CN1C(=O)CC(NC(C)(C)C(N)=O)C1=O. The molecule has 1 rings (SSSR count). The lowest BCUT2D eigenvalue weighted by Gasteiger charge is -2.25. The highest BCUT2D eigenvalue weighted by Gasteiger charge is 2.40. The quantitative estimate of drug-likeness (QED) is 0.564. The summed E-state index contributed by atoms with van der Waals surface area (Å²) >= 11 is 0. The van der Waals surface area contributed by atoms with Crippen molar-refractivity contribution in [2.75, 3.05) is 7.05 Å². The largest absolute Gasteiger partial charge is 0.368 e. The van der Waals surface area contributed by atoms with Crippen molar-refractivity contribution >= 4 is 17.7 Å². The van der Waals surface area contributed by atoms with Gasteiger partial charge < -0.3 is 5.73 Å². The molecule has 1 saturated heterocycles. The summed E-state index contributed by atoms with van der Waals surface area (Å²) in [5.41, 5.74) is 4.16. The molecular formula is C9H15N3O3. The van der Waals surface area contributed by atoms with E-state index in [1.54, 1.807) is 13.8 Å². The molecule has 0 spiro atoms. The van der Waals surface area contributed by atoms with Crippen LogP contribution in [0.15, 0.2) is 0 Å². The second kappa shape index (κ2) is 3.62. The molecule has 1 unspecified atom stereocenters. The van der Waals surface area contributed by atoms with Crippen molar-refractivity contribution in [3.8, 4) is 0 Å². The third kappa shape index (κ3) is 2.15. The van der Waals surface area contributed by atoms with Crippen molar-refractivity contribution < 1.29 is 14.4 Å². The lowest BCUT2D eigenvalue weighted by atomic mass is 10.0. The monoisotopic (exact) mass is 213 g/mol. The zero-order valence-corrected chi connectivity index (χ0v) is 9.03. The van der Waals surface area contributed by atoms with E-state index in [-0.39, 0.29) is 18.2 Å². The van der Waals surface area contributed by atoms with Crippen LogP contribution in [0.5, 0.6) is 0 Å². The normalized spacial score (nSPS) is 22.3. The Bertz CT molecular complexity index is 325. The number of rotatable bonds is 3. The van der Waals surface area contributed by atoms with Crippen LogP contribution in [0, 0.1) is 0 Å². The number of nitrogens with zero attached hydrogens (tertiary/aromatic N) is 1. The van der Waals surface area contributed by atoms with Crippen LogP contribution < -0.4 is 11.1 Å². The Labute approximate surface area is 87.8 Å². The van der Waals surface area contributed by atoms with Gasteiger partial charge in [0.15, 0.2) is 0 Å². The molecule has 1 heterocycles. The van der Waals surface area contributed by atoms with Gasteiger partial charge in [-0.05, 0) is 13.8 Å². The highest BCUT2D eigenvalue weighted by molar-refractivity contribution is 6.05. The zero-order valence-electron chi connectivity index (χ0n) is 9.03. The van der Waals surface area contributed by atoms with Crippen LogP contribution in [-0.2, 0) is 14.4 Å². The van der Waals surface area contributed by atoms with Crippen molar-refractivity contribution in [1.29, 1.82) is 0 Å². The Hall–Kier alpha value is -1.43. The lowest BCUT2D eigenvalue weighted by Crippen LogP contribution is -2.56. The average Bonchev–Trinajstić information content (AvgIpc) is 2.33. The predicted octanol–water partition coefficient (Wildman–Crippen LogP) is -1.40. The number of likely N-dealkylation sites (tertiary alicyclic amines) is 1. The maximum Gasteiger partial charge on any atom is 0.246 e. The maximum atomic E-state index is 11.5. The molecule has 6 heteroatoms. The molecule has 0 radical (unpaired) electrons. The van der Waals surface area contributed by atoms with Crippen molar-refractivity contribution in [1.82, 2.24) is 10.2 Å². The fourth-order valence-corrected chi connectivity index (χ4v) is 1.37. The van der Waals surface area contributed by atoms with E-state index in [9.17, 15) is 14.4 Å². The van der Waals surface area contributed by atoms with Crippen molar-refractivity contribution in [3.63, 3.8) is 0 Å². The fourth-order valence-electron chi connectivity index (χ4n) is 1.37. The summed E-state index contributed by atoms with van der Waals surface area (Å²) < 4.78 is 0. The fraction of sp³-hybridized carbons (Fsp3) is 0.667. The van der Waals surface area contributed by atoms with Gasteiger partial charge in [0.25, 0.3) is 0 Å². The van der Waals surface area contributed by atoms with Crippen LogP contribution in [0.4, 0.5) is 0 Å².